The number of hydrogen-bond acceptors (Lipinski definition) is 4. The van der Waals surface area contributed by atoms with Gasteiger partial charge in [0, 0.05) is 17.8 Å². The molecule has 1 heterocycles. The Hall–Kier alpha value is -3.15. The molecule has 0 aromatic heterocycles. The predicted octanol–water partition coefficient (Wildman–Crippen LogP) is 2.68. The van der Waals surface area contributed by atoms with Gasteiger partial charge in [0.15, 0.2) is 6.61 Å². The summed E-state index contributed by atoms with van der Waals surface area (Å²) in [6.45, 7) is 1.52. The van der Waals surface area contributed by atoms with E-state index >= 15 is 0 Å². The van der Waals surface area contributed by atoms with Crippen LogP contribution in [-0.4, -0.2) is 24.4 Å². The Balaban J connectivity index is 1.58. The summed E-state index contributed by atoms with van der Waals surface area (Å²) in [5.74, 6) is -0.997. The molecule has 1 aliphatic heterocycles. The zero-order chi connectivity index (χ0) is 17.8. The summed E-state index contributed by atoms with van der Waals surface area (Å²) in [5, 5.41) is 5.46. The molecule has 0 spiro atoms. The van der Waals surface area contributed by atoms with Crippen molar-refractivity contribution in [3.05, 3.63) is 59.2 Å². The van der Waals surface area contributed by atoms with Crippen LogP contribution in [0.25, 0.3) is 0 Å². The zero-order valence-electron chi connectivity index (χ0n) is 13.8. The number of esters is 1. The van der Waals surface area contributed by atoms with Crippen molar-refractivity contribution in [2.45, 2.75) is 19.8 Å². The summed E-state index contributed by atoms with van der Waals surface area (Å²) in [5.41, 5.74) is 3.58. The maximum absolute atomic E-state index is 12.1. The highest BCUT2D eigenvalue weighted by molar-refractivity contribution is 5.98. The molecule has 3 rings (SSSR count). The molecule has 25 heavy (non-hydrogen) atoms. The Morgan fingerprint density at radius 3 is 2.76 bits per heavy atom. The molecule has 0 atom stereocenters. The quantitative estimate of drug-likeness (QED) is 0.840. The van der Waals surface area contributed by atoms with Crippen LogP contribution in [0.5, 0.6) is 0 Å². The molecular weight excluding hydrogens is 320 g/mol. The monoisotopic (exact) mass is 338 g/mol. The SMILES string of the molecule is Cc1ccccc1NC(=O)COC(=O)c1ccc2c(c1)CCC(=O)N2. The summed E-state index contributed by atoms with van der Waals surface area (Å²) in [6, 6.07) is 12.3. The Morgan fingerprint density at radius 1 is 1.16 bits per heavy atom. The molecule has 6 heteroatoms. The molecule has 1 aliphatic rings. The Bertz CT molecular complexity index is 845. The predicted molar refractivity (Wildman–Crippen MR) is 93.5 cm³/mol. The number of anilines is 2. The van der Waals surface area contributed by atoms with E-state index in [4.69, 9.17) is 4.74 Å². The minimum Gasteiger partial charge on any atom is -0.452 e. The third kappa shape index (κ3) is 4.03. The lowest BCUT2D eigenvalue weighted by Crippen LogP contribution is -2.22. The molecule has 0 unspecified atom stereocenters. The fraction of sp³-hybridized carbons (Fsp3) is 0.211. The number of fused-ring (bicyclic) bond motifs is 1. The first kappa shape index (κ1) is 16.7. The number of carbonyl (C=O) groups excluding carboxylic acids is 3. The van der Waals surface area contributed by atoms with Crippen molar-refractivity contribution in [1.29, 1.82) is 0 Å². The van der Waals surface area contributed by atoms with Crippen molar-refractivity contribution in [1.82, 2.24) is 0 Å². The van der Waals surface area contributed by atoms with E-state index in [9.17, 15) is 14.4 Å². The van der Waals surface area contributed by atoms with Crippen molar-refractivity contribution in [3.63, 3.8) is 0 Å². The fourth-order valence-corrected chi connectivity index (χ4v) is 2.62. The Labute approximate surface area is 145 Å². The van der Waals surface area contributed by atoms with Crippen molar-refractivity contribution in [2.75, 3.05) is 17.2 Å². The van der Waals surface area contributed by atoms with Crippen LogP contribution in [0.3, 0.4) is 0 Å². The highest BCUT2D eigenvalue weighted by Gasteiger charge is 2.18. The van der Waals surface area contributed by atoms with Crippen molar-refractivity contribution in [3.8, 4) is 0 Å². The maximum Gasteiger partial charge on any atom is 0.338 e. The molecule has 0 aliphatic carbocycles. The van der Waals surface area contributed by atoms with E-state index in [2.05, 4.69) is 10.6 Å². The van der Waals surface area contributed by atoms with Crippen LogP contribution in [0, 0.1) is 6.92 Å². The minimum absolute atomic E-state index is 0.0318. The highest BCUT2D eigenvalue weighted by atomic mass is 16.5. The molecule has 2 aromatic carbocycles. The molecule has 0 saturated carbocycles. The number of para-hydroxylation sites is 1. The first-order valence-corrected chi connectivity index (χ1v) is 7.98. The summed E-state index contributed by atoms with van der Waals surface area (Å²) in [4.78, 5) is 35.4. The largest absolute Gasteiger partial charge is 0.452 e. The van der Waals surface area contributed by atoms with Crippen LogP contribution in [0.2, 0.25) is 0 Å². The van der Waals surface area contributed by atoms with Crippen molar-refractivity contribution in [2.24, 2.45) is 0 Å². The number of rotatable bonds is 4. The molecular formula is C19H18N2O4. The van der Waals surface area contributed by atoms with Crippen LogP contribution in [0.15, 0.2) is 42.5 Å². The maximum atomic E-state index is 12.1. The van der Waals surface area contributed by atoms with Gasteiger partial charge in [-0.05, 0) is 48.7 Å². The van der Waals surface area contributed by atoms with Gasteiger partial charge < -0.3 is 15.4 Å². The third-order valence-electron chi connectivity index (χ3n) is 3.99. The van der Waals surface area contributed by atoms with Gasteiger partial charge in [0.2, 0.25) is 5.91 Å². The Morgan fingerprint density at radius 2 is 1.96 bits per heavy atom. The lowest BCUT2D eigenvalue weighted by Gasteiger charge is -2.17. The normalized spacial score (nSPS) is 12.8. The number of amides is 2. The van der Waals surface area contributed by atoms with Gasteiger partial charge in [-0.15, -0.1) is 0 Å². The number of hydrogen-bond donors (Lipinski definition) is 2. The molecule has 2 amide bonds. The Kier molecular flexibility index (Phi) is 4.79. The van der Waals surface area contributed by atoms with Crippen LogP contribution in [0.4, 0.5) is 11.4 Å². The smallest absolute Gasteiger partial charge is 0.338 e. The second-order valence-electron chi connectivity index (χ2n) is 5.86. The molecule has 0 saturated heterocycles. The average Bonchev–Trinajstić information content (AvgIpc) is 2.61. The second-order valence-corrected chi connectivity index (χ2v) is 5.86. The van der Waals surface area contributed by atoms with Gasteiger partial charge in [0.25, 0.3) is 5.91 Å². The van der Waals surface area contributed by atoms with Crippen LogP contribution in [-0.2, 0) is 20.7 Å². The van der Waals surface area contributed by atoms with E-state index in [0.717, 1.165) is 11.1 Å². The lowest BCUT2D eigenvalue weighted by atomic mass is 10.0. The summed E-state index contributed by atoms with van der Waals surface area (Å²) >= 11 is 0. The average molecular weight is 338 g/mol. The van der Waals surface area contributed by atoms with Gasteiger partial charge in [0.05, 0.1) is 5.56 Å². The van der Waals surface area contributed by atoms with Crippen molar-refractivity contribution >= 4 is 29.2 Å². The van der Waals surface area contributed by atoms with Gasteiger partial charge in [0.1, 0.15) is 0 Å². The first-order chi connectivity index (χ1) is 12.0. The summed E-state index contributed by atoms with van der Waals surface area (Å²) < 4.78 is 5.08. The highest BCUT2D eigenvalue weighted by Crippen LogP contribution is 2.23. The minimum atomic E-state index is -0.570. The van der Waals surface area contributed by atoms with E-state index in [1.165, 1.54) is 0 Å². The fourth-order valence-electron chi connectivity index (χ4n) is 2.62. The number of carbonyl (C=O) groups is 3. The number of benzene rings is 2. The number of ether oxygens (including phenoxy) is 1. The molecule has 0 radical (unpaired) electrons. The van der Waals surface area contributed by atoms with Crippen molar-refractivity contribution < 1.29 is 19.1 Å². The zero-order valence-corrected chi connectivity index (χ0v) is 13.8. The van der Waals surface area contributed by atoms with E-state index in [0.29, 0.717) is 29.8 Å². The molecule has 0 fully saturated rings. The lowest BCUT2D eigenvalue weighted by molar-refractivity contribution is -0.119. The van der Waals surface area contributed by atoms with E-state index in [1.54, 1.807) is 24.3 Å². The topological polar surface area (TPSA) is 84.5 Å². The molecule has 2 aromatic rings. The number of aryl methyl sites for hydroxylation is 2. The first-order valence-electron chi connectivity index (χ1n) is 7.98. The van der Waals surface area contributed by atoms with Crippen LogP contribution in [0.1, 0.15) is 27.9 Å². The van der Waals surface area contributed by atoms with E-state index in [-0.39, 0.29) is 12.5 Å². The van der Waals surface area contributed by atoms with Gasteiger partial charge >= 0.3 is 5.97 Å². The van der Waals surface area contributed by atoms with Crippen LogP contribution < -0.4 is 10.6 Å². The standard InChI is InChI=1S/C19H18N2O4/c1-12-4-2-3-5-15(12)20-18(23)11-25-19(24)14-6-8-16-13(10-14)7-9-17(22)21-16/h2-6,8,10H,7,9,11H2,1H3,(H,20,23)(H,21,22). The molecule has 6 nitrogen and oxygen atoms in total. The summed E-state index contributed by atoms with van der Waals surface area (Å²) in [7, 11) is 0. The summed E-state index contributed by atoms with van der Waals surface area (Å²) in [6.07, 6.45) is 0.973. The van der Waals surface area contributed by atoms with Gasteiger partial charge in [-0.25, -0.2) is 4.79 Å². The van der Waals surface area contributed by atoms with E-state index in [1.807, 2.05) is 25.1 Å². The molecule has 2 N–H and O–H groups in total. The number of nitrogens with one attached hydrogen (secondary N) is 2. The van der Waals surface area contributed by atoms with Gasteiger partial charge in [-0.1, -0.05) is 18.2 Å². The molecule has 128 valence electrons. The van der Waals surface area contributed by atoms with Gasteiger partial charge in [-0.3, -0.25) is 9.59 Å². The van der Waals surface area contributed by atoms with Gasteiger partial charge in [-0.2, -0.15) is 0 Å². The third-order valence-corrected chi connectivity index (χ3v) is 3.99. The second kappa shape index (κ2) is 7.17. The van der Waals surface area contributed by atoms with Crippen LogP contribution >= 0.6 is 0 Å². The van der Waals surface area contributed by atoms with E-state index < -0.39 is 11.9 Å². The molecule has 0 bridgehead atoms.